The Labute approximate surface area is 172 Å². The molecule has 7 heteroatoms. The maximum absolute atomic E-state index is 13.0. The highest BCUT2D eigenvalue weighted by atomic mass is 16.5. The fourth-order valence-electron chi connectivity index (χ4n) is 3.92. The normalized spacial score (nSPS) is 18.1. The van der Waals surface area contributed by atoms with Crippen LogP contribution in [0.1, 0.15) is 22.4 Å². The van der Waals surface area contributed by atoms with Gasteiger partial charge in [0.05, 0.1) is 26.6 Å². The Morgan fingerprint density at radius 1 is 0.966 bits per heavy atom. The molecule has 0 unspecified atom stereocenters. The maximum atomic E-state index is 13.0. The first kappa shape index (κ1) is 20.1. The van der Waals surface area contributed by atoms with E-state index < -0.39 is 0 Å². The standard InChI is InChI=1S/C22H31N5O2/c1-16-5-6-20(13-17(16)2)26-14-25(8-7-24-9-11-29-12-10-24)15-27-21(28)18(3)19(4)23-22(26)27/h5-6,13H,7-12,14-15H2,1-4H3. The molecule has 3 heterocycles. The molecule has 7 nitrogen and oxygen atoms in total. The molecule has 29 heavy (non-hydrogen) atoms. The molecule has 0 N–H and O–H groups in total. The van der Waals surface area contributed by atoms with Gasteiger partial charge >= 0.3 is 0 Å². The van der Waals surface area contributed by atoms with Gasteiger partial charge in [-0.25, -0.2) is 4.98 Å². The second-order valence-corrected chi connectivity index (χ2v) is 8.18. The predicted molar refractivity (Wildman–Crippen MR) is 115 cm³/mol. The van der Waals surface area contributed by atoms with Crippen molar-refractivity contribution in [3.63, 3.8) is 0 Å². The third kappa shape index (κ3) is 4.08. The van der Waals surface area contributed by atoms with Gasteiger partial charge in [0.2, 0.25) is 5.95 Å². The lowest BCUT2D eigenvalue weighted by atomic mass is 10.1. The highest BCUT2D eigenvalue weighted by Crippen LogP contribution is 2.29. The number of benzene rings is 1. The molecule has 0 bridgehead atoms. The van der Waals surface area contributed by atoms with Crippen molar-refractivity contribution in [2.24, 2.45) is 0 Å². The minimum Gasteiger partial charge on any atom is -0.379 e. The highest BCUT2D eigenvalue weighted by molar-refractivity contribution is 5.60. The summed E-state index contributed by atoms with van der Waals surface area (Å²) in [4.78, 5) is 24.8. The third-order valence-corrected chi connectivity index (χ3v) is 6.18. The molecule has 1 aromatic carbocycles. The van der Waals surface area contributed by atoms with Crippen molar-refractivity contribution in [2.75, 3.05) is 51.0 Å². The van der Waals surface area contributed by atoms with E-state index in [9.17, 15) is 4.79 Å². The van der Waals surface area contributed by atoms with E-state index in [2.05, 4.69) is 46.7 Å². The number of ether oxygens (including phenoxy) is 1. The van der Waals surface area contributed by atoms with E-state index in [4.69, 9.17) is 9.72 Å². The van der Waals surface area contributed by atoms with E-state index in [1.54, 1.807) is 0 Å². The Kier molecular flexibility index (Phi) is 5.72. The Hall–Kier alpha value is -2.22. The van der Waals surface area contributed by atoms with Crippen molar-refractivity contribution in [2.45, 2.75) is 34.4 Å². The van der Waals surface area contributed by atoms with E-state index in [0.29, 0.717) is 6.67 Å². The molecule has 1 saturated heterocycles. The van der Waals surface area contributed by atoms with Gasteiger partial charge in [-0.05, 0) is 51.0 Å². The summed E-state index contributed by atoms with van der Waals surface area (Å²) in [6, 6.07) is 6.45. The average molecular weight is 398 g/mol. The molecule has 1 aromatic heterocycles. The topological polar surface area (TPSA) is 53.8 Å². The number of fused-ring (bicyclic) bond motifs is 1. The summed E-state index contributed by atoms with van der Waals surface area (Å²) in [5, 5.41) is 0. The Morgan fingerprint density at radius 3 is 2.41 bits per heavy atom. The van der Waals surface area contributed by atoms with Crippen LogP contribution in [-0.2, 0) is 11.4 Å². The minimum absolute atomic E-state index is 0.0532. The van der Waals surface area contributed by atoms with Gasteiger partial charge in [0.1, 0.15) is 0 Å². The lowest BCUT2D eigenvalue weighted by Crippen LogP contribution is -2.50. The second-order valence-electron chi connectivity index (χ2n) is 8.18. The van der Waals surface area contributed by atoms with Gasteiger partial charge in [-0.3, -0.25) is 24.1 Å². The van der Waals surface area contributed by atoms with Crippen LogP contribution >= 0.6 is 0 Å². The van der Waals surface area contributed by atoms with Gasteiger partial charge in [0.25, 0.3) is 5.56 Å². The van der Waals surface area contributed by atoms with Gasteiger partial charge in [-0.1, -0.05) is 6.07 Å². The molecular weight excluding hydrogens is 366 g/mol. The molecule has 156 valence electrons. The quantitative estimate of drug-likeness (QED) is 0.788. The molecule has 0 radical (unpaired) electrons. The van der Waals surface area contributed by atoms with Gasteiger partial charge in [0, 0.05) is 43.1 Å². The van der Waals surface area contributed by atoms with Crippen LogP contribution in [0.15, 0.2) is 23.0 Å². The smallest absolute Gasteiger partial charge is 0.259 e. The number of aryl methyl sites for hydroxylation is 3. The van der Waals surface area contributed by atoms with Crippen molar-refractivity contribution in [3.05, 3.63) is 50.9 Å². The van der Waals surface area contributed by atoms with Crippen LogP contribution in [0.5, 0.6) is 0 Å². The molecule has 0 amide bonds. The summed E-state index contributed by atoms with van der Waals surface area (Å²) < 4.78 is 7.28. The first-order chi connectivity index (χ1) is 13.9. The zero-order valence-electron chi connectivity index (χ0n) is 17.9. The monoisotopic (exact) mass is 397 g/mol. The molecule has 0 saturated carbocycles. The lowest BCUT2D eigenvalue weighted by molar-refractivity contribution is 0.0310. The number of morpholine rings is 1. The van der Waals surface area contributed by atoms with Crippen molar-refractivity contribution < 1.29 is 4.74 Å². The number of anilines is 2. The summed E-state index contributed by atoms with van der Waals surface area (Å²) in [5.74, 6) is 0.740. The summed E-state index contributed by atoms with van der Waals surface area (Å²) in [5.41, 5.74) is 5.16. The van der Waals surface area contributed by atoms with Crippen LogP contribution in [0.4, 0.5) is 11.6 Å². The first-order valence-electron chi connectivity index (χ1n) is 10.4. The third-order valence-electron chi connectivity index (χ3n) is 6.18. The number of hydrogen-bond donors (Lipinski definition) is 0. The average Bonchev–Trinajstić information content (AvgIpc) is 2.73. The van der Waals surface area contributed by atoms with Gasteiger partial charge < -0.3 is 4.74 Å². The minimum atomic E-state index is 0.0532. The highest BCUT2D eigenvalue weighted by Gasteiger charge is 2.27. The van der Waals surface area contributed by atoms with Crippen molar-refractivity contribution in [3.8, 4) is 0 Å². The van der Waals surface area contributed by atoms with E-state index >= 15 is 0 Å². The van der Waals surface area contributed by atoms with Crippen molar-refractivity contribution in [1.82, 2.24) is 19.4 Å². The van der Waals surface area contributed by atoms with Gasteiger partial charge in [0.15, 0.2) is 0 Å². The lowest BCUT2D eigenvalue weighted by Gasteiger charge is -2.39. The fraction of sp³-hybridized carbons (Fsp3) is 0.545. The molecule has 1 fully saturated rings. The van der Waals surface area contributed by atoms with Crippen LogP contribution in [0.25, 0.3) is 0 Å². The van der Waals surface area contributed by atoms with Crippen LogP contribution < -0.4 is 10.5 Å². The number of rotatable bonds is 4. The fourth-order valence-corrected chi connectivity index (χ4v) is 3.92. The Bertz CT molecular complexity index is 949. The number of nitrogens with zero attached hydrogens (tertiary/aromatic N) is 5. The summed E-state index contributed by atoms with van der Waals surface area (Å²) >= 11 is 0. The van der Waals surface area contributed by atoms with Crippen LogP contribution in [0, 0.1) is 27.7 Å². The first-order valence-corrected chi connectivity index (χ1v) is 10.4. The van der Waals surface area contributed by atoms with E-state index in [-0.39, 0.29) is 5.56 Å². The summed E-state index contributed by atoms with van der Waals surface area (Å²) in [7, 11) is 0. The molecule has 2 aromatic rings. The second kappa shape index (κ2) is 8.26. The molecule has 4 rings (SSSR count). The van der Waals surface area contributed by atoms with Crippen molar-refractivity contribution in [1.29, 1.82) is 0 Å². The van der Waals surface area contributed by atoms with Crippen molar-refractivity contribution >= 4 is 11.6 Å². The molecule has 2 aliphatic heterocycles. The molecular formula is C22H31N5O2. The predicted octanol–water partition coefficient (Wildman–Crippen LogP) is 2.18. The van der Waals surface area contributed by atoms with Crippen LogP contribution in [0.2, 0.25) is 0 Å². The number of hydrogen-bond acceptors (Lipinski definition) is 6. The van der Waals surface area contributed by atoms with E-state index in [0.717, 1.165) is 69.0 Å². The van der Waals surface area contributed by atoms with Gasteiger partial charge in [-0.15, -0.1) is 0 Å². The zero-order chi connectivity index (χ0) is 20.5. The molecule has 0 aliphatic carbocycles. The maximum Gasteiger partial charge on any atom is 0.259 e. The molecule has 0 spiro atoms. The van der Waals surface area contributed by atoms with E-state index in [1.807, 2.05) is 18.4 Å². The zero-order valence-corrected chi connectivity index (χ0v) is 17.9. The van der Waals surface area contributed by atoms with Gasteiger partial charge in [-0.2, -0.15) is 0 Å². The number of aromatic nitrogens is 2. The Balaban J connectivity index is 1.65. The molecule has 0 atom stereocenters. The largest absolute Gasteiger partial charge is 0.379 e. The van der Waals surface area contributed by atoms with Crippen LogP contribution in [-0.4, -0.2) is 65.4 Å². The molecule has 2 aliphatic rings. The van der Waals surface area contributed by atoms with Crippen LogP contribution in [0.3, 0.4) is 0 Å². The van der Waals surface area contributed by atoms with E-state index in [1.165, 1.54) is 11.1 Å². The summed E-state index contributed by atoms with van der Waals surface area (Å²) in [6.45, 7) is 14.8. The Morgan fingerprint density at radius 2 is 1.69 bits per heavy atom. The summed E-state index contributed by atoms with van der Waals surface area (Å²) in [6.07, 6.45) is 0. The SMILES string of the molecule is Cc1ccc(N2CN(CCN3CCOCC3)Cn3c2nc(C)c(C)c3=O)cc1C.